The zero-order valence-corrected chi connectivity index (χ0v) is 14.4. The molecule has 0 bridgehead atoms. The number of nitrogens with zero attached hydrogens (tertiary/aromatic N) is 2. The first-order valence-corrected chi connectivity index (χ1v) is 7.51. The minimum absolute atomic E-state index is 0. The van der Waals surface area contributed by atoms with Crippen LogP contribution < -0.4 is 10.1 Å². The number of imidazole rings is 1. The van der Waals surface area contributed by atoms with Gasteiger partial charge in [0.15, 0.2) is 0 Å². The Morgan fingerprint density at radius 3 is 2.70 bits per heavy atom. The van der Waals surface area contributed by atoms with Gasteiger partial charge in [-0.15, -0.1) is 12.4 Å². The van der Waals surface area contributed by atoms with Crippen LogP contribution in [0.25, 0.3) is 11.0 Å². The zero-order valence-electron chi connectivity index (χ0n) is 13.6. The maximum Gasteiger partial charge on any atom is 0.123 e. The number of rotatable bonds is 5. The summed E-state index contributed by atoms with van der Waals surface area (Å²) in [4.78, 5) is 4.49. The van der Waals surface area contributed by atoms with E-state index >= 15 is 0 Å². The van der Waals surface area contributed by atoms with Gasteiger partial charge in [-0.05, 0) is 38.1 Å². The number of anilines is 1. The summed E-state index contributed by atoms with van der Waals surface area (Å²) in [6.07, 6.45) is 1.90. The van der Waals surface area contributed by atoms with Crippen molar-refractivity contribution in [3.63, 3.8) is 0 Å². The summed E-state index contributed by atoms with van der Waals surface area (Å²) in [6, 6.07) is 14.8. The number of hydrogen-bond acceptors (Lipinski definition) is 3. The largest absolute Gasteiger partial charge is 0.496 e. The van der Waals surface area contributed by atoms with E-state index in [9.17, 15) is 0 Å². The molecule has 0 aliphatic rings. The maximum absolute atomic E-state index is 5.38. The Morgan fingerprint density at radius 2 is 1.96 bits per heavy atom. The van der Waals surface area contributed by atoms with Gasteiger partial charge in [0.25, 0.3) is 0 Å². The van der Waals surface area contributed by atoms with E-state index in [1.54, 1.807) is 7.11 Å². The highest BCUT2D eigenvalue weighted by Crippen LogP contribution is 2.23. The number of aromatic nitrogens is 2. The zero-order chi connectivity index (χ0) is 15.5. The Kier molecular flexibility index (Phi) is 5.50. The third-order valence-corrected chi connectivity index (χ3v) is 3.81. The third kappa shape index (κ3) is 3.59. The molecule has 0 radical (unpaired) electrons. The molecule has 1 N–H and O–H groups in total. The highest BCUT2D eigenvalue weighted by atomic mass is 35.5. The van der Waals surface area contributed by atoms with Crippen LogP contribution in [0.4, 0.5) is 5.69 Å². The van der Waals surface area contributed by atoms with Crippen LogP contribution in [0.2, 0.25) is 0 Å². The van der Waals surface area contributed by atoms with Gasteiger partial charge in [-0.2, -0.15) is 0 Å². The average molecular weight is 332 g/mol. The quantitative estimate of drug-likeness (QED) is 0.739. The Bertz CT molecular complexity index is 783. The molecule has 5 heteroatoms. The summed E-state index contributed by atoms with van der Waals surface area (Å²) in [5.74, 6) is 0.903. The fourth-order valence-corrected chi connectivity index (χ4v) is 2.60. The highest BCUT2D eigenvalue weighted by Gasteiger charge is 2.07. The van der Waals surface area contributed by atoms with Gasteiger partial charge in [-0.3, -0.25) is 0 Å². The molecular formula is C18H22ClN3O. The van der Waals surface area contributed by atoms with Crippen LogP contribution in [0.5, 0.6) is 5.75 Å². The number of halogens is 1. The molecule has 23 heavy (non-hydrogen) atoms. The Hall–Kier alpha value is -2.20. The van der Waals surface area contributed by atoms with Gasteiger partial charge >= 0.3 is 0 Å². The summed E-state index contributed by atoms with van der Waals surface area (Å²) in [5.41, 5.74) is 4.38. The van der Waals surface area contributed by atoms with Crippen LogP contribution in [0, 0.1) is 0 Å². The van der Waals surface area contributed by atoms with Crippen LogP contribution in [0.1, 0.15) is 25.5 Å². The summed E-state index contributed by atoms with van der Waals surface area (Å²) < 4.78 is 7.56. The van der Waals surface area contributed by atoms with Gasteiger partial charge in [-0.1, -0.05) is 18.2 Å². The van der Waals surface area contributed by atoms with Crippen molar-refractivity contribution >= 4 is 29.1 Å². The minimum Gasteiger partial charge on any atom is -0.496 e. The van der Waals surface area contributed by atoms with Crippen LogP contribution in [0.3, 0.4) is 0 Å². The van der Waals surface area contributed by atoms with Gasteiger partial charge in [-0.25, -0.2) is 4.98 Å². The van der Waals surface area contributed by atoms with E-state index in [4.69, 9.17) is 4.74 Å². The molecule has 0 atom stereocenters. The number of ether oxygens (including phenoxy) is 1. The SMILES string of the molecule is COc1ccccc1CNc1ccc2c(c1)ncn2C(C)C.Cl. The van der Waals surface area contributed by atoms with Crippen LogP contribution >= 0.6 is 12.4 Å². The fraction of sp³-hybridized carbons (Fsp3) is 0.278. The molecule has 0 unspecified atom stereocenters. The molecule has 0 aliphatic carbocycles. The topological polar surface area (TPSA) is 39.1 Å². The van der Waals surface area contributed by atoms with E-state index in [-0.39, 0.29) is 12.4 Å². The van der Waals surface area contributed by atoms with Crippen molar-refractivity contribution in [2.24, 2.45) is 0 Å². The molecule has 122 valence electrons. The van der Waals surface area contributed by atoms with Crippen molar-refractivity contribution in [3.8, 4) is 5.75 Å². The van der Waals surface area contributed by atoms with Crippen molar-refractivity contribution in [2.75, 3.05) is 12.4 Å². The normalized spacial score (nSPS) is 10.6. The lowest BCUT2D eigenvalue weighted by Gasteiger charge is -2.11. The van der Waals surface area contributed by atoms with Gasteiger partial charge in [0.1, 0.15) is 5.75 Å². The molecule has 3 rings (SSSR count). The summed E-state index contributed by atoms with van der Waals surface area (Å²) in [7, 11) is 1.70. The first kappa shape index (κ1) is 17.2. The minimum atomic E-state index is 0. The van der Waals surface area contributed by atoms with Crippen LogP contribution in [0.15, 0.2) is 48.8 Å². The van der Waals surface area contributed by atoms with Crippen molar-refractivity contribution in [1.29, 1.82) is 0 Å². The molecule has 0 saturated carbocycles. The van der Waals surface area contributed by atoms with E-state index in [0.29, 0.717) is 6.04 Å². The number of fused-ring (bicyclic) bond motifs is 1. The van der Waals surface area contributed by atoms with Gasteiger partial charge in [0.2, 0.25) is 0 Å². The molecule has 0 spiro atoms. The standard InChI is InChI=1S/C18H21N3O.ClH/c1-13(2)21-12-20-16-10-15(8-9-17(16)21)19-11-14-6-4-5-7-18(14)22-3;/h4-10,12-13,19H,11H2,1-3H3;1H. The molecule has 0 amide bonds. The number of hydrogen-bond donors (Lipinski definition) is 1. The molecule has 1 heterocycles. The smallest absolute Gasteiger partial charge is 0.123 e. The lowest BCUT2D eigenvalue weighted by Crippen LogP contribution is -2.02. The second kappa shape index (κ2) is 7.38. The predicted molar refractivity (Wildman–Crippen MR) is 97.7 cm³/mol. The Morgan fingerprint density at radius 1 is 1.17 bits per heavy atom. The first-order chi connectivity index (χ1) is 10.7. The molecular weight excluding hydrogens is 310 g/mol. The second-order valence-electron chi connectivity index (χ2n) is 5.61. The van der Waals surface area contributed by atoms with E-state index in [1.807, 2.05) is 24.5 Å². The summed E-state index contributed by atoms with van der Waals surface area (Å²) in [6.45, 7) is 5.05. The molecule has 1 aromatic heterocycles. The monoisotopic (exact) mass is 331 g/mol. The first-order valence-electron chi connectivity index (χ1n) is 7.51. The predicted octanol–water partition coefficient (Wildman–Crippen LogP) is 4.66. The van der Waals surface area contributed by atoms with E-state index in [0.717, 1.165) is 34.6 Å². The van der Waals surface area contributed by atoms with Crippen LogP contribution in [-0.2, 0) is 6.54 Å². The van der Waals surface area contributed by atoms with Gasteiger partial charge in [0.05, 0.1) is 24.5 Å². The average Bonchev–Trinajstić information content (AvgIpc) is 2.96. The Labute approximate surface area is 142 Å². The molecule has 0 aliphatic heterocycles. The van der Waals surface area contributed by atoms with Crippen molar-refractivity contribution in [1.82, 2.24) is 9.55 Å². The number of para-hydroxylation sites is 1. The maximum atomic E-state index is 5.38. The Balaban J connectivity index is 0.00000192. The molecule has 0 saturated heterocycles. The van der Waals surface area contributed by atoms with E-state index in [1.165, 1.54) is 0 Å². The number of nitrogens with one attached hydrogen (secondary N) is 1. The number of methoxy groups -OCH3 is 1. The number of benzene rings is 2. The molecule has 4 nitrogen and oxygen atoms in total. The van der Waals surface area contributed by atoms with Crippen molar-refractivity contribution in [3.05, 3.63) is 54.4 Å². The lowest BCUT2D eigenvalue weighted by atomic mass is 10.2. The van der Waals surface area contributed by atoms with E-state index in [2.05, 4.69) is 53.0 Å². The summed E-state index contributed by atoms with van der Waals surface area (Å²) in [5, 5.41) is 3.44. The van der Waals surface area contributed by atoms with Crippen molar-refractivity contribution in [2.45, 2.75) is 26.4 Å². The van der Waals surface area contributed by atoms with Crippen LogP contribution in [-0.4, -0.2) is 16.7 Å². The lowest BCUT2D eigenvalue weighted by molar-refractivity contribution is 0.410. The van der Waals surface area contributed by atoms with Crippen molar-refractivity contribution < 1.29 is 4.74 Å². The fourth-order valence-electron chi connectivity index (χ4n) is 2.60. The molecule has 2 aromatic carbocycles. The van der Waals surface area contributed by atoms with Gasteiger partial charge < -0.3 is 14.6 Å². The third-order valence-electron chi connectivity index (χ3n) is 3.81. The second-order valence-corrected chi connectivity index (χ2v) is 5.61. The highest BCUT2D eigenvalue weighted by molar-refractivity contribution is 5.85. The van der Waals surface area contributed by atoms with E-state index < -0.39 is 0 Å². The van der Waals surface area contributed by atoms with Gasteiger partial charge in [0, 0.05) is 23.8 Å². The molecule has 0 fully saturated rings. The summed E-state index contributed by atoms with van der Waals surface area (Å²) >= 11 is 0. The molecule has 3 aromatic rings.